The maximum atomic E-state index is 5.79. The molecule has 0 saturated heterocycles. The summed E-state index contributed by atoms with van der Waals surface area (Å²) in [4.78, 5) is 4.33. The number of halogens is 1. The van der Waals surface area contributed by atoms with Crippen LogP contribution in [0.25, 0.3) is 0 Å². The van der Waals surface area contributed by atoms with Crippen molar-refractivity contribution < 1.29 is 4.74 Å². The molecule has 2 N–H and O–H groups in total. The third-order valence-electron chi connectivity index (χ3n) is 2.15. The summed E-state index contributed by atoms with van der Waals surface area (Å²) in [5.41, 5.74) is 0. The number of terminal acetylenes is 1. The molecule has 0 aliphatic rings. The van der Waals surface area contributed by atoms with E-state index in [-0.39, 0.29) is 0 Å². The molecule has 1 aromatic rings. The molecule has 1 rings (SSSR count). The minimum absolute atomic E-state index is 0.448. The van der Waals surface area contributed by atoms with Crippen molar-refractivity contribution in [2.75, 3.05) is 26.2 Å². The van der Waals surface area contributed by atoms with Gasteiger partial charge in [0.05, 0.1) is 13.1 Å². The average molecular weight is 280 g/mol. The van der Waals surface area contributed by atoms with Gasteiger partial charge in [0, 0.05) is 11.6 Å². The molecule has 102 valence electrons. The lowest BCUT2D eigenvalue weighted by molar-refractivity contribution is 0.328. The molecule has 5 heteroatoms. The summed E-state index contributed by atoms with van der Waals surface area (Å²) in [6.07, 6.45) is 5.19. The highest BCUT2D eigenvalue weighted by Gasteiger charge is 1.96. The maximum Gasteiger partial charge on any atom is 0.192 e. The van der Waals surface area contributed by atoms with Gasteiger partial charge >= 0.3 is 0 Å². The fourth-order valence-electron chi connectivity index (χ4n) is 1.33. The van der Waals surface area contributed by atoms with E-state index in [2.05, 4.69) is 21.5 Å². The normalized spacial score (nSPS) is 10.7. The Morgan fingerprint density at radius 1 is 1.37 bits per heavy atom. The summed E-state index contributed by atoms with van der Waals surface area (Å²) < 4.78 is 5.53. The number of nitrogens with zero attached hydrogens (tertiary/aromatic N) is 1. The summed E-state index contributed by atoms with van der Waals surface area (Å²) in [7, 11) is 0. The number of nitrogens with one attached hydrogen (secondary N) is 2. The SMILES string of the molecule is C#CCNC(=NCCOc1ccc(Cl)cc1)NCC. The van der Waals surface area contributed by atoms with Gasteiger partial charge in [0.15, 0.2) is 5.96 Å². The molecule has 0 unspecified atom stereocenters. The van der Waals surface area contributed by atoms with Gasteiger partial charge in [0.1, 0.15) is 12.4 Å². The second-order valence-corrected chi connectivity index (χ2v) is 4.06. The first-order chi connectivity index (χ1) is 9.26. The van der Waals surface area contributed by atoms with Gasteiger partial charge in [-0.2, -0.15) is 0 Å². The highest BCUT2D eigenvalue weighted by atomic mass is 35.5. The number of benzene rings is 1. The fourth-order valence-corrected chi connectivity index (χ4v) is 1.45. The summed E-state index contributed by atoms with van der Waals surface area (Å²) in [5.74, 6) is 3.98. The van der Waals surface area contributed by atoms with Crippen LogP contribution in [0.15, 0.2) is 29.3 Å². The van der Waals surface area contributed by atoms with Gasteiger partial charge in [-0.25, -0.2) is 4.99 Å². The molecule has 1 aromatic carbocycles. The minimum Gasteiger partial charge on any atom is -0.492 e. The van der Waals surface area contributed by atoms with Crippen molar-refractivity contribution in [2.45, 2.75) is 6.92 Å². The lowest BCUT2D eigenvalue weighted by Gasteiger charge is -2.09. The van der Waals surface area contributed by atoms with Gasteiger partial charge in [-0.1, -0.05) is 17.5 Å². The number of rotatable bonds is 6. The molecule has 0 aromatic heterocycles. The van der Waals surface area contributed by atoms with Crippen molar-refractivity contribution in [1.82, 2.24) is 10.6 Å². The van der Waals surface area contributed by atoms with E-state index < -0.39 is 0 Å². The number of guanidine groups is 1. The van der Waals surface area contributed by atoms with Crippen molar-refractivity contribution in [3.05, 3.63) is 29.3 Å². The largest absolute Gasteiger partial charge is 0.492 e. The molecule has 0 bridgehead atoms. The van der Waals surface area contributed by atoms with Gasteiger partial charge in [-0.05, 0) is 31.2 Å². The predicted octanol–water partition coefficient (Wildman–Crippen LogP) is 1.91. The topological polar surface area (TPSA) is 45.7 Å². The van der Waals surface area contributed by atoms with E-state index in [0.717, 1.165) is 12.3 Å². The van der Waals surface area contributed by atoms with Crippen LogP contribution in [-0.2, 0) is 0 Å². The van der Waals surface area contributed by atoms with E-state index in [0.29, 0.717) is 30.7 Å². The second kappa shape index (κ2) is 9.12. The zero-order valence-electron chi connectivity index (χ0n) is 10.9. The standard InChI is InChI=1S/C14H18ClN3O/c1-3-9-17-14(16-4-2)18-10-11-19-13-7-5-12(15)6-8-13/h1,5-8H,4,9-11H2,2H3,(H2,16,17,18). The molecule has 0 radical (unpaired) electrons. The second-order valence-electron chi connectivity index (χ2n) is 3.62. The average Bonchev–Trinajstić information content (AvgIpc) is 2.42. The van der Waals surface area contributed by atoms with E-state index >= 15 is 0 Å². The number of hydrogen-bond acceptors (Lipinski definition) is 2. The lowest BCUT2D eigenvalue weighted by atomic mass is 10.3. The quantitative estimate of drug-likeness (QED) is 0.362. The van der Waals surface area contributed by atoms with Crippen LogP contribution in [0.4, 0.5) is 0 Å². The Labute approximate surface area is 119 Å². The Balaban J connectivity index is 2.34. The molecule has 0 aliphatic heterocycles. The summed E-state index contributed by atoms with van der Waals surface area (Å²) in [6.45, 7) is 4.27. The Hall–Kier alpha value is -1.86. The van der Waals surface area contributed by atoms with Crippen molar-refractivity contribution in [1.29, 1.82) is 0 Å². The van der Waals surface area contributed by atoms with Gasteiger partial charge in [0.25, 0.3) is 0 Å². The molecule has 0 fully saturated rings. The Morgan fingerprint density at radius 2 is 2.11 bits per heavy atom. The van der Waals surface area contributed by atoms with Crippen molar-refractivity contribution >= 4 is 17.6 Å². The van der Waals surface area contributed by atoms with Crippen LogP contribution in [0.1, 0.15) is 6.92 Å². The molecule has 0 atom stereocenters. The zero-order chi connectivity index (χ0) is 13.9. The van der Waals surface area contributed by atoms with Crippen molar-refractivity contribution in [3.8, 4) is 18.1 Å². The smallest absolute Gasteiger partial charge is 0.192 e. The van der Waals surface area contributed by atoms with E-state index in [9.17, 15) is 0 Å². The first-order valence-corrected chi connectivity index (χ1v) is 6.48. The van der Waals surface area contributed by atoms with Crippen LogP contribution in [-0.4, -0.2) is 32.2 Å². The van der Waals surface area contributed by atoms with E-state index in [1.807, 2.05) is 19.1 Å². The first kappa shape index (κ1) is 15.2. The highest BCUT2D eigenvalue weighted by Crippen LogP contribution is 2.15. The molecule has 0 aliphatic carbocycles. The van der Waals surface area contributed by atoms with Crippen molar-refractivity contribution in [2.24, 2.45) is 4.99 Å². The van der Waals surface area contributed by atoms with Crippen LogP contribution in [0.2, 0.25) is 5.02 Å². The molecular formula is C14H18ClN3O. The van der Waals surface area contributed by atoms with Gasteiger partial charge in [-0.3, -0.25) is 0 Å². The molecule has 4 nitrogen and oxygen atoms in total. The molecule has 0 saturated carbocycles. The first-order valence-electron chi connectivity index (χ1n) is 6.10. The lowest BCUT2D eigenvalue weighted by Crippen LogP contribution is -2.37. The third kappa shape index (κ3) is 6.58. The highest BCUT2D eigenvalue weighted by molar-refractivity contribution is 6.30. The van der Waals surface area contributed by atoms with Gasteiger partial charge < -0.3 is 15.4 Å². The molecular weight excluding hydrogens is 262 g/mol. The van der Waals surface area contributed by atoms with Gasteiger partial charge in [-0.15, -0.1) is 6.42 Å². The molecule has 19 heavy (non-hydrogen) atoms. The Morgan fingerprint density at radius 3 is 2.74 bits per heavy atom. The Kier molecular flexibility index (Phi) is 7.30. The van der Waals surface area contributed by atoms with Crippen LogP contribution in [0.3, 0.4) is 0 Å². The van der Waals surface area contributed by atoms with Gasteiger partial charge in [0.2, 0.25) is 0 Å². The number of hydrogen-bond donors (Lipinski definition) is 2. The summed E-state index contributed by atoms with van der Waals surface area (Å²) in [5, 5.41) is 6.79. The minimum atomic E-state index is 0.448. The molecule has 0 spiro atoms. The monoisotopic (exact) mass is 279 g/mol. The molecule has 0 amide bonds. The van der Waals surface area contributed by atoms with Crippen LogP contribution in [0.5, 0.6) is 5.75 Å². The third-order valence-corrected chi connectivity index (χ3v) is 2.40. The molecule has 0 heterocycles. The predicted molar refractivity (Wildman–Crippen MR) is 79.8 cm³/mol. The number of ether oxygens (including phenoxy) is 1. The number of aliphatic imine (C=N–C) groups is 1. The van der Waals surface area contributed by atoms with E-state index in [1.165, 1.54) is 0 Å². The zero-order valence-corrected chi connectivity index (χ0v) is 11.7. The van der Waals surface area contributed by atoms with Crippen LogP contribution < -0.4 is 15.4 Å². The van der Waals surface area contributed by atoms with E-state index in [1.54, 1.807) is 12.1 Å². The van der Waals surface area contributed by atoms with Crippen molar-refractivity contribution in [3.63, 3.8) is 0 Å². The Bertz CT molecular complexity index is 437. The van der Waals surface area contributed by atoms with Crippen LogP contribution in [0, 0.1) is 12.3 Å². The van der Waals surface area contributed by atoms with E-state index in [4.69, 9.17) is 22.8 Å². The summed E-state index contributed by atoms with van der Waals surface area (Å²) in [6, 6.07) is 7.24. The van der Waals surface area contributed by atoms with Crippen LogP contribution >= 0.6 is 11.6 Å². The fraction of sp³-hybridized carbons (Fsp3) is 0.357. The summed E-state index contributed by atoms with van der Waals surface area (Å²) >= 11 is 5.79. The maximum absolute atomic E-state index is 5.79.